The summed E-state index contributed by atoms with van der Waals surface area (Å²) >= 11 is 0. The number of anilines is 1. The molecule has 20 heavy (non-hydrogen) atoms. The Hall–Kier alpha value is -1.95. The SMILES string of the molecule is CCc1cc(N2CC(OC)(c3nccn3C)C2)ncn1. The molecule has 1 fully saturated rings. The van der Waals surface area contributed by atoms with Crippen LogP contribution in [-0.4, -0.2) is 39.7 Å². The second kappa shape index (κ2) is 4.86. The number of aryl methyl sites for hydroxylation is 2. The van der Waals surface area contributed by atoms with E-state index in [1.165, 1.54) is 0 Å². The summed E-state index contributed by atoms with van der Waals surface area (Å²) in [5, 5.41) is 0. The first-order valence-electron chi connectivity index (χ1n) is 6.77. The van der Waals surface area contributed by atoms with E-state index in [2.05, 4.69) is 26.8 Å². The van der Waals surface area contributed by atoms with Crippen LogP contribution < -0.4 is 4.90 Å². The maximum atomic E-state index is 5.74. The second-order valence-electron chi connectivity index (χ2n) is 5.14. The van der Waals surface area contributed by atoms with Gasteiger partial charge >= 0.3 is 0 Å². The van der Waals surface area contributed by atoms with E-state index in [4.69, 9.17) is 4.74 Å². The summed E-state index contributed by atoms with van der Waals surface area (Å²) in [5.41, 5.74) is 0.720. The van der Waals surface area contributed by atoms with Gasteiger partial charge in [-0.1, -0.05) is 6.92 Å². The van der Waals surface area contributed by atoms with Crippen LogP contribution in [0.5, 0.6) is 0 Å². The lowest BCUT2D eigenvalue weighted by Crippen LogP contribution is -2.62. The van der Waals surface area contributed by atoms with Gasteiger partial charge in [0.05, 0.1) is 13.1 Å². The Labute approximate surface area is 118 Å². The summed E-state index contributed by atoms with van der Waals surface area (Å²) in [6, 6.07) is 2.04. The molecule has 6 nitrogen and oxygen atoms in total. The van der Waals surface area contributed by atoms with Crippen molar-refractivity contribution in [1.29, 1.82) is 0 Å². The van der Waals surface area contributed by atoms with E-state index in [0.717, 1.165) is 36.8 Å². The van der Waals surface area contributed by atoms with E-state index in [-0.39, 0.29) is 5.60 Å². The van der Waals surface area contributed by atoms with Crippen LogP contribution in [0.1, 0.15) is 18.4 Å². The molecular formula is C14H19N5O. The summed E-state index contributed by atoms with van der Waals surface area (Å²) in [6.07, 6.45) is 6.29. The van der Waals surface area contributed by atoms with Crippen molar-refractivity contribution in [3.8, 4) is 0 Å². The predicted molar refractivity (Wildman–Crippen MR) is 75.5 cm³/mol. The van der Waals surface area contributed by atoms with Gasteiger partial charge in [-0.2, -0.15) is 0 Å². The minimum absolute atomic E-state index is 0.338. The number of hydrogen-bond acceptors (Lipinski definition) is 5. The molecule has 106 valence electrons. The van der Waals surface area contributed by atoms with E-state index in [1.54, 1.807) is 19.6 Å². The van der Waals surface area contributed by atoms with Crippen LogP contribution >= 0.6 is 0 Å². The van der Waals surface area contributed by atoms with Crippen LogP contribution in [0.4, 0.5) is 5.82 Å². The first-order valence-corrected chi connectivity index (χ1v) is 6.77. The predicted octanol–water partition coefficient (Wildman–Crippen LogP) is 1.13. The number of hydrogen-bond donors (Lipinski definition) is 0. The van der Waals surface area contributed by atoms with Crippen LogP contribution in [0.15, 0.2) is 24.8 Å². The molecule has 3 rings (SSSR count). The van der Waals surface area contributed by atoms with E-state index >= 15 is 0 Å². The van der Waals surface area contributed by atoms with Crippen LogP contribution in [0, 0.1) is 0 Å². The molecule has 0 unspecified atom stereocenters. The van der Waals surface area contributed by atoms with Gasteiger partial charge in [-0.3, -0.25) is 0 Å². The van der Waals surface area contributed by atoms with Crippen molar-refractivity contribution in [2.24, 2.45) is 7.05 Å². The van der Waals surface area contributed by atoms with Gasteiger partial charge in [0.1, 0.15) is 18.0 Å². The minimum atomic E-state index is -0.338. The first kappa shape index (κ1) is 13.1. The third-order valence-corrected chi connectivity index (χ3v) is 3.91. The van der Waals surface area contributed by atoms with Crippen molar-refractivity contribution in [3.05, 3.63) is 36.3 Å². The number of aromatic nitrogens is 4. The number of ether oxygens (including phenoxy) is 1. The van der Waals surface area contributed by atoms with Crippen molar-refractivity contribution < 1.29 is 4.74 Å². The molecule has 2 aromatic rings. The van der Waals surface area contributed by atoms with E-state index in [1.807, 2.05) is 23.9 Å². The Balaban J connectivity index is 1.81. The molecule has 3 heterocycles. The van der Waals surface area contributed by atoms with Crippen LogP contribution in [0.3, 0.4) is 0 Å². The maximum Gasteiger partial charge on any atom is 0.160 e. The van der Waals surface area contributed by atoms with Crippen molar-refractivity contribution in [3.63, 3.8) is 0 Å². The molecule has 1 aliphatic rings. The molecule has 0 N–H and O–H groups in total. The molecule has 0 aliphatic carbocycles. The molecule has 1 aliphatic heterocycles. The van der Waals surface area contributed by atoms with Gasteiger partial charge in [0.2, 0.25) is 0 Å². The normalized spacial score (nSPS) is 17.1. The van der Waals surface area contributed by atoms with Crippen LogP contribution in [0.2, 0.25) is 0 Å². The maximum absolute atomic E-state index is 5.74. The highest BCUT2D eigenvalue weighted by atomic mass is 16.5. The molecule has 0 amide bonds. The van der Waals surface area contributed by atoms with Gasteiger partial charge < -0.3 is 14.2 Å². The average Bonchev–Trinajstić information content (AvgIpc) is 2.86. The quantitative estimate of drug-likeness (QED) is 0.836. The van der Waals surface area contributed by atoms with Crippen molar-refractivity contribution in [1.82, 2.24) is 19.5 Å². The topological polar surface area (TPSA) is 56.1 Å². The van der Waals surface area contributed by atoms with Gasteiger partial charge in [-0.15, -0.1) is 0 Å². The molecule has 0 spiro atoms. The zero-order valence-corrected chi connectivity index (χ0v) is 12.1. The van der Waals surface area contributed by atoms with Crippen LogP contribution in [0.25, 0.3) is 0 Å². The Bertz CT molecular complexity index is 603. The lowest BCUT2D eigenvalue weighted by atomic mass is 9.92. The fourth-order valence-electron chi connectivity index (χ4n) is 2.65. The average molecular weight is 273 g/mol. The number of nitrogens with zero attached hydrogens (tertiary/aromatic N) is 5. The smallest absolute Gasteiger partial charge is 0.160 e. The Kier molecular flexibility index (Phi) is 3.17. The van der Waals surface area contributed by atoms with Gasteiger partial charge in [-0.25, -0.2) is 15.0 Å². The van der Waals surface area contributed by atoms with Gasteiger partial charge in [-0.05, 0) is 6.42 Å². The second-order valence-corrected chi connectivity index (χ2v) is 5.14. The molecule has 1 saturated heterocycles. The number of methoxy groups -OCH3 is 1. The van der Waals surface area contributed by atoms with Crippen molar-refractivity contribution >= 4 is 5.82 Å². The summed E-state index contributed by atoms with van der Waals surface area (Å²) in [5.74, 6) is 1.92. The highest BCUT2D eigenvalue weighted by molar-refractivity contribution is 5.45. The minimum Gasteiger partial charge on any atom is -0.367 e. The molecule has 0 saturated carbocycles. The van der Waals surface area contributed by atoms with Crippen molar-refractivity contribution in [2.75, 3.05) is 25.1 Å². The highest BCUT2D eigenvalue weighted by Crippen LogP contribution is 2.36. The largest absolute Gasteiger partial charge is 0.367 e. The molecule has 0 atom stereocenters. The summed E-state index contributed by atoms with van der Waals surface area (Å²) in [7, 11) is 3.73. The summed E-state index contributed by atoms with van der Waals surface area (Å²) in [4.78, 5) is 15.2. The number of rotatable bonds is 4. The fraction of sp³-hybridized carbons (Fsp3) is 0.500. The third kappa shape index (κ3) is 1.96. The van der Waals surface area contributed by atoms with Gasteiger partial charge in [0, 0.05) is 38.3 Å². The van der Waals surface area contributed by atoms with E-state index in [0.29, 0.717) is 0 Å². The molecule has 0 aromatic carbocycles. The van der Waals surface area contributed by atoms with Gasteiger partial charge in [0.15, 0.2) is 5.60 Å². The Morgan fingerprint density at radius 2 is 2.10 bits per heavy atom. The monoisotopic (exact) mass is 273 g/mol. The molecule has 6 heteroatoms. The fourth-order valence-corrected chi connectivity index (χ4v) is 2.65. The van der Waals surface area contributed by atoms with Crippen molar-refractivity contribution in [2.45, 2.75) is 18.9 Å². The van der Waals surface area contributed by atoms with E-state index in [9.17, 15) is 0 Å². The zero-order chi connectivity index (χ0) is 14.2. The zero-order valence-electron chi connectivity index (χ0n) is 12.1. The van der Waals surface area contributed by atoms with Gasteiger partial charge in [0.25, 0.3) is 0 Å². The molecule has 0 bridgehead atoms. The Morgan fingerprint density at radius 1 is 1.30 bits per heavy atom. The lowest BCUT2D eigenvalue weighted by Gasteiger charge is -2.48. The Morgan fingerprint density at radius 3 is 2.70 bits per heavy atom. The lowest BCUT2D eigenvalue weighted by molar-refractivity contribution is -0.0476. The number of imidazole rings is 1. The van der Waals surface area contributed by atoms with Crippen LogP contribution in [-0.2, 0) is 23.8 Å². The highest BCUT2D eigenvalue weighted by Gasteiger charge is 2.48. The molecule has 2 aromatic heterocycles. The summed E-state index contributed by atoms with van der Waals surface area (Å²) in [6.45, 7) is 3.61. The third-order valence-electron chi connectivity index (χ3n) is 3.91. The standard InChI is InChI=1S/C14H19N5O/c1-4-11-7-12(17-10-16-11)19-8-14(9-19,20-3)13-15-5-6-18(13)2/h5-7,10H,4,8-9H2,1-3H3. The first-order chi connectivity index (χ1) is 9.68. The summed E-state index contributed by atoms with van der Waals surface area (Å²) < 4.78 is 7.75. The van der Waals surface area contributed by atoms with E-state index < -0.39 is 0 Å². The molecule has 0 radical (unpaired) electrons. The molecular weight excluding hydrogens is 254 g/mol.